The second-order valence-corrected chi connectivity index (χ2v) is 6.94. The highest BCUT2D eigenvalue weighted by molar-refractivity contribution is 6.23. The largest absolute Gasteiger partial charge is 0.242 e. The summed E-state index contributed by atoms with van der Waals surface area (Å²) in [7, 11) is 0. The van der Waals surface area contributed by atoms with E-state index in [4.69, 9.17) is 9.97 Å². The van der Waals surface area contributed by atoms with Gasteiger partial charge < -0.3 is 0 Å². The maximum atomic E-state index is 5.02. The van der Waals surface area contributed by atoms with Crippen molar-refractivity contribution >= 4 is 43.7 Å². The first-order valence-corrected chi connectivity index (χ1v) is 9.31. The van der Waals surface area contributed by atoms with Gasteiger partial charge in [-0.2, -0.15) is 0 Å². The summed E-state index contributed by atoms with van der Waals surface area (Å²) in [5, 5.41) is 4.63. The molecule has 6 aromatic rings. The first kappa shape index (κ1) is 15.2. The predicted molar refractivity (Wildman–Crippen MR) is 115 cm³/mol. The van der Waals surface area contributed by atoms with Crippen molar-refractivity contribution in [3.63, 3.8) is 0 Å². The first-order valence-electron chi connectivity index (χ1n) is 9.31. The summed E-state index contributed by atoms with van der Waals surface area (Å²) in [5.41, 5.74) is 5.49. The summed E-state index contributed by atoms with van der Waals surface area (Å²) in [6, 6.07) is 29.1. The second-order valence-electron chi connectivity index (χ2n) is 6.94. The van der Waals surface area contributed by atoms with Gasteiger partial charge in [0.1, 0.15) is 5.52 Å². The average molecular weight is 357 g/mol. The standard InChI is InChI=1S/C25H15N3/c1-2-8-16(9-3-1)17-14-22-25(26-15-17)28-24-21-13-7-5-11-19(21)18-10-4-6-12-20(18)23(24)27-22/h1-15H. The molecule has 6 rings (SSSR count). The fraction of sp³-hybridized carbons (Fsp3) is 0. The Balaban J connectivity index is 1.75. The van der Waals surface area contributed by atoms with Crippen LogP contribution in [-0.2, 0) is 0 Å². The van der Waals surface area contributed by atoms with Crippen LogP contribution in [0.3, 0.4) is 0 Å². The number of nitrogens with zero attached hydrogens (tertiary/aromatic N) is 3. The SMILES string of the molecule is c1ccc(-c2cnc3nc4c5ccccc5c5ccccc5c4nc3c2)cc1. The van der Waals surface area contributed by atoms with Crippen molar-refractivity contribution in [2.24, 2.45) is 0 Å². The van der Waals surface area contributed by atoms with E-state index >= 15 is 0 Å². The molecule has 0 aliphatic heterocycles. The highest BCUT2D eigenvalue weighted by Crippen LogP contribution is 2.34. The lowest BCUT2D eigenvalue weighted by Gasteiger charge is -2.10. The van der Waals surface area contributed by atoms with Crippen molar-refractivity contribution in [1.82, 2.24) is 15.0 Å². The third kappa shape index (κ3) is 2.20. The van der Waals surface area contributed by atoms with Crippen LogP contribution >= 0.6 is 0 Å². The third-order valence-corrected chi connectivity index (χ3v) is 5.28. The summed E-state index contributed by atoms with van der Waals surface area (Å²) in [5.74, 6) is 0. The predicted octanol–water partition coefficient (Wildman–Crippen LogP) is 6.15. The van der Waals surface area contributed by atoms with E-state index < -0.39 is 0 Å². The molecule has 3 nitrogen and oxygen atoms in total. The summed E-state index contributed by atoms with van der Waals surface area (Å²) in [4.78, 5) is 14.6. The Bertz CT molecular complexity index is 1500. The summed E-state index contributed by atoms with van der Waals surface area (Å²) in [6.45, 7) is 0. The lowest BCUT2D eigenvalue weighted by molar-refractivity contribution is 1.29. The normalized spacial score (nSPS) is 11.6. The van der Waals surface area contributed by atoms with Crippen LogP contribution in [0.5, 0.6) is 0 Å². The number of aromatic nitrogens is 3. The Kier molecular flexibility index (Phi) is 3.17. The Morgan fingerprint density at radius 3 is 1.75 bits per heavy atom. The van der Waals surface area contributed by atoms with E-state index in [1.165, 1.54) is 10.8 Å². The van der Waals surface area contributed by atoms with Crippen LogP contribution < -0.4 is 0 Å². The molecule has 0 aliphatic rings. The molecule has 0 saturated carbocycles. The van der Waals surface area contributed by atoms with Crippen LogP contribution in [0.4, 0.5) is 0 Å². The van der Waals surface area contributed by atoms with E-state index in [1.54, 1.807) is 0 Å². The monoisotopic (exact) mass is 357 g/mol. The zero-order valence-electron chi connectivity index (χ0n) is 15.0. The van der Waals surface area contributed by atoms with Crippen LogP contribution in [0.15, 0.2) is 91.1 Å². The zero-order chi connectivity index (χ0) is 18.5. The molecule has 0 saturated heterocycles. The van der Waals surface area contributed by atoms with E-state index in [9.17, 15) is 0 Å². The molecule has 0 unspecified atom stereocenters. The van der Waals surface area contributed by atoms with Gasteiger partial charge in [0.25, 0.3) is 0 Å². The number of hydrogen-bond donors (Lipinski definition) is 0. The van der Waals surface area contributed by atoms with Gasteiger partial charge in [-0.3, -0.25) is 0 Å². The number of pyridine rings is 1. The second kappa shape index (κ2) is 5.83. The highest BCUT2D eigenvalue weighted by Gasteiger charge is 2.12. The van der Waals surface area contributed by atoms with E-state index in [0.717, 1.165) is 38.4 Å². The van der Waals surface area contributed by atoms with E-state index in [2.05, 4.69) is 65.6 Å². The molecule has 130 valence electrons. The molecule has 0 N–H and O–H groups in total. The fourth-order valence-corrected chi connectivity index (χ4v) is 3.96. The molecule has 2 aromatic heterocycles. The van der Waals surface area contributed by atoms with Gasteiger partial charge in [0.2, 0.25) is 0 Å². The van der Waals surface area contributed by atoms with Crippen molar-refractivity contribution in [2.75, 3.05) is 0 Å². The van der Waals surface area contributed by atoms with Gasteiger partial charge in [0, 0.05) is 22.5 Å². The zero-order valence-corrected chi connectivity index (χ0v) is 15.0. The number of benzene rings is 4. The smallest absolute Gasteiger partial charge is 0.178 e. The highest BCUT2D eigenvalue weighted by atomic mass is 14.9. The van der Waals surface area contributed by atoms with Gasteiger partial charge in [-0.05, 0) is 22.4 Å². The minimum atomic E-state index is 0.674. The summed E-state index contributed by atoms with van der Waals surface area (Å²) in [6.07, 6.45) is 1.88. The minimum absolute atomic E-state index is 0.674. The van der Waals surface area contributed by atoms with E-state index in [1.807, 2.05) is 30.5 Å². The molecule has 0 aliphatic carbocycles. The van der Waals surface area contributed by atoms with Crippen LogP contribution in [-0.4, -0.2) is 15.0 Å². The van der Waals surface area contributed by atoms with Crippen molar-refractivity contribution in [3.8, 4) is 11.1 Å². The first-order chi connectivity index (χ1) is 13.9. The Hall–Kier alpha value is -3.85. The summed E-state index contributed by atoms with van der Waals surface area (Å²) < 4.78 is 0. The van der Waals surface area contributed by atoms with Crippen LogP contribution in [0, 0.1) is 0 Å². The van der Waals surface area contributed by atoms with Crippen LogP contribution in [0.2, 0.25) is 0 Å². The van der Waals surface area contributed by atoms with Gasteiger partial charge in [0.15, 0.2) is 5.65 Å². The molecular formula is C25H15N3. The molecular weight excluding hydrogens is 342 g/mol. The number of hydrogen-bond acceptors (Lipinski definition) is 3. The molecule has 2 heterocycles. The Labute approximate surface area is 161 Å². The molecule has 0 radical (unpaired) electrons. The van der Waals surface area contributed by atoms with Crippen LogP contribution in [0.1, 0.15) is 0 Å². The minimum Gasteiger partial charge on any atom is -0.242 e. The third-order valence-electron chi connectivity index (χ3n) is 5.28. The topological polar surface area (TPSA) is 38.7 Å². The summed E-state index contributed by atoms with van der Waals surface area (Å²) >= 11 is 0. The van der Waals surface area contributed by atoms with Crippen molar-refractivity contribution in [2.45, 2.75) is 0 Å². The van der Waals surface area contributed by atoms with Crippen molar-refractivity contribution < 1.29 is 0 Å². The average Bonchev–Trinajstić information content (AvgIpc) is 2.78. The quantitative estimate of drug-likeness (QED) is 0.262. The van der Waals surface area contributed by atoms with Gasteiger partial charge in [-0.1, -0.05) is 78.9 Å². The van der Waals surface area contributed by atoms with Crippen LogP contribution in [0.25, 0.3) is 54.9 Å². The maximum Gasteiger partial charge on any atom is 0.178 e. The maximum absolute atomic E-state index is 5.02. The molecule has 28 heavy (non-hydrogen) atoms. The lowest BCUT2D eigenvalue weighted by Crippen LogP contribution is -1.94. The Morgan fingerprint density at radius 1 is 0.500 bits per heavy atom. The molecule has 3 heteroatoms. The van der Waals surface area contributed by atoms with E-state index in [0.29, 0.717) is 5.65 Å². The molecule has 0 atom stereocenters. The molecule has 4 aromatic carbocycles. The molecule has 0 amide bonds. The van der Waals surface area contributed by atoms with Gasteiger partial charge in [0.05, 0.1) is 11.0 Å². The number of rotatable bonds is 1. The Morgan fingerprint density at radius 2 is 1.07 bits per heavy atom. The van der Waals surface area contributed by atoms with Crippen molar-refractivity contribution in [3.05, 3.63) is 91.1 Å². The fourth-order valence-electron chi connectivity index (χ4n) is 3.96. The lowest BCUT2D eigenvalue weighted by atomic mass is 9.99. The molecule has 0 bridgehead atoms. The molecule has 0 fully saturated rings. The molecule has 0 spiro atoms. The van der Waals surface area contributed by atoms with Crippen molar-refractivity contribution in [1.29, 1.82) is 0 Å². The van der Waals surface area contributed by atoms with E-state index in [-0.39, 0.29) is 0 Å². The van der Waals surface area contributed by atoms with Gasteiger partial charge >= 0.3 is 0 Å². The van der Waals surface area contributed by atoms with Gasteiger partial charge in [-0.25, -0.2) is 15.0 Å². The number of fused-ring (bicyclic) bond motifs is 7. The van der Waals surface area contributed by atoms with Gasteiger partial charge in [-0.15, -0.1) is 0 Å².